The van der Waals surface area contributed by atoms with Gasteiger partial charge in [0, 0.05) is 31.4 Å². The molecular weight excluding hydrogens is 280 g/mol. The zero-order chi connectivity index (χ0) is 15.5. The molecular formula is C17H20N2O3. The summed E-state index contributed by atoms with van der Waals surface area (Å²) < 4.78 is 1.51. The highest BCUT2D eigenvalue weighted by molar-refractivity contribution is 5.29. The monoisotopic (exact) mass is 300 g/mol. The molecule has 0 aliphatic carbocycles. The molecule has 116 valence electrons. The molecule has 5 heteroatoms. The minimum atomic E-state index is -0.374. The van der Waals surface area contributed by atoms with Crippen molar-refractivity contribution < 1.29 is 10.2 Å². The van der Waals surface area contributed by atoms with Crippen molar-refractivity contribution in [2.45, 2.75) is 25.6 Å². The van der Waals surface area contributed by atoms with Gasteiger partial charge in [0.05, 0.1) is 12.6 Å². The minimum absolute atomic E-state index is 0.195. The van der Waals surface area contributed by atoms with Crippen molar-refractivity contribution in [1.82, 2.24) is 9.47 Å². The lowest BCUT2D eigenvalue weighted by Crippen LogP contribution is -2.25. The summed E-state index contributed by atoms with van der Waals surface area (Å²) in [6, 6.07) is 11.5. The summed E-state index contributed by atoms with van der Waals surface area (Å²) in [6.45, 7) is 2.31. The first-order chi connectivity index (χ1) is 10.6. The summed E-state index contributed by atoms with van der Waals surface area (Å²) in [7, 11) is 0. The average Bonchev–Trinajstić information content (AvgIpc) is 2.93. The van der Waals surface area contributed by atoms with E-state index >= 15 is 0 Å². The lowest BCUT2D eigenvalue weighted by molar-refractivity contribution is 0.174. The van der Waals surface area contributed by atoms with Crippen LogP contribution in [0.25, 0.3) is 0 Å². The van der Waals surface area contributed by atoms with Crippen molar-refractivity contribution in [3.8, 4) is 5.75 Å². The van der Waals surface area contributed by atoms with Crippen molar-refractivity contribution in [2.75, 3.05) is 13.1 Å². The van der Waals surface area contributed by atoms with Gasteiger partial charge in [-0.2, -0.15) is 0 Å². The predicted molar refractivity (Wildman–Crippen MR) is 83.8 cm³/mol. The highest BCUT2D eigenvalue weighted by atomic mass is 16.3. The lowest BCUT2D eigenvalue weighted by atomic mass is 10.2. The Kier molecular flexibility index (Phi) is 4.27. The van der Waals surface area contributed by atoms with E-state index in [0.717, 1.165) is 18.5 Å². The first-order valence-electron chi connectivity index (χ1n) is 7.49. The fraction of sp³-hybridized carbons (Fsp3) is 0.353. The Hall–Kier alpha value is -2.11. The summed E-state index contributed by atoms with van der Waals surface area (Å²) in [5.41, 5.74) is 1.25. The van der Waals surface area contributed by atoms with Crippen molar-refractivity contribution >= 4 is 0 Å². The molecule has 0 amide bonds. The van der Waals surface area contributed by atoms with E-state index in [1.54, 1.807) is 12.3 Å². The molecule has 1 atom stereocenters. The third-order valence-corrected chi connectivity index (χ3v) is 4.06. The van der Waals surface area contributed by atoms with Crippen LogP contribution < -0.4 is 5.56 Å². The van der Waals surface area contributed by atoms with Crippen molar-refractivity contribution in [3.63, 3.8) is 0 Å². The maximum Gasteiger partial charge on any atom is 0.293 e. The van der Waals surface area contributed by atoms with E-state index in [4.69, 9.17) is 0 Å². The second-order valence-corrected chi connectivity index (χ2v) is 5.79. The molecule has 0 saturated carbocycles. The summed E-state index contributed by atoms with van der Waals surface area (Å²) >= 11 is 0. The molecule has 1 aliphatic rings. The first kappa shape index (κ1) is 14.8. The minimum Gasteiger partial charge on any atom is -0.503 e. The molecule has 2 N–H and O–H groups in total. The molecule has 2 heterocycles. The molecule has 1 aromatic heterocycles. The predicted octanol–water partition coefficient (Wildman–Crippen LogP) is 1.17. The van der Waals surface area contributed by atoms with Crippen LogP contribution in [-0.4, -0.2) is 38.9 Å². The van der Waals surface area contributed by atoms with Gasteiger partial charge in [-0.3, -0.25) is 9.69 Å². The highest BCUT2D eigenvalue weighted by Gasteiger charge is 2.21. The zero-order valence-corrected chi connectivity index (χ0v) is 12.4. The molecule has 1 aliphatic heterocycles. The molecule has 0 radical (unpaired) electrons. The number of benzene rings is 1. The van der Waals surface area contributed by atoms with E-state index in [2.05, 4.69) is 0 Å². The smallest absolute Gasteiger partial charge is 0.293 e. The van der Waals surface area contributed by atoms with E-state index in [1.165, 1.54) is 4.57 Å². The topological polar surface area (TPSA) is 65.7 Å². The van der Waals surface area contributed by atoms with E-state index in [-0.39, 0.29) is 17.4 Å². The molecule has 1 saturated heterocycles. The fourth-order valence-corrected chi connectivity index (χ4v) is 2.83. The molecule has 1 aromatic carbocycles. The molecule has 2 aromatic rings. The molecule has 0 spiro atoms. The zero-order valence-electron chi connectivity index (χ0n) is 12.4. The largest absolute Gasteiger partial charge is 0.503 e. The van der Waals surface area contributed by atoms with Crippen LogP contribution in [0.5, 0.6) is 5.75 Å². The van der Waals surface area contributed by atoms with Crippen molar-refractivity contribution in [3.05, 3.63) is 64.1 Å². The number of β-amino-alcohol motifs (C(OH)–C–C–N with tert-alkyl or cyclic N) is 1. The van der Waals surface area contributed by atoms with Crippen LogP contribution in [0.1, 0.15) is 17.5 Å². The number of pyridine rings is 1. The first-order valence-corrected chi connectivity index (χ1v) is 7.49. The van der Waals surface area contributed by atoms with Crippen LogP contribution in [0.15, 0.2) is 47.4 Å². The Labute approximate surface area is 129 Å². The van der Waals surface area contributed by atoms with Gasteiger partial charge in [0.2, 0.25) is 0 Å². The van der Waals surface area contributed by atoms with E-state index < -0.39 is 0 Å². The van der Waals surface area contributed by atoms with Crippen LogP contribution in [0.3, 0.4) is 0 Å². The second-order valence-electron chi connectivity index (χ2n) is 5.79. The van der Waals surface area contributed by atoms with Crippen LogP contribution in [-0.2, 0) is 13.1 Å². The van der Waals surface area contributed by atoms with Gasteiger partial charge < -0.3 is 14.8 Å². The van der Waals surface area contributed by atoms with Gasteiger partial charge in [-0.25, -0.2) is 0 Å². The average molecular weight is 300 g/mol. The molecule has 0 bridgehead atoms. The third-order valence-electron chi connectivity index (χ3n) is 4.06. The molecule has 22 heavy (non-hydrogen) atoms. The summed E-state index contributed by atoms with van der Waals surface area (Å²) in [5.74, 6) is -0.195. The van der Waals surface area contributed by atoms with Crippen LogP contribution in [0.4, 0.5) is 0 Å². The van der Waals surface area contributed by atoms with Crippen LogP contribution in [0, 0.1) is 0 Å². The summed E-state index contributed by atoms with van der Waals surface area (Å²) in [6.07, 6.45) is 2.16. The van der Waals surface area contributed by atoms with Gasteiger partial charge in [-0.15, -0.1) is 0 Å². The number of nitrogens with zero attached hydrogens (tertiary/aromatic N) is 2. The number of aliphatic hydroxyl groups excluding tert-OH is 1. The van der Waals surface area contributed by atoms with Gasteiger partial charge in [0.25, 0.3) is 5.56 Å². The van der Waals surface area contributed by atoms with Crippen LogP contribution >= 0.6 is 0 Å². The van der Waals surface area contributed by atoms with Gasteiger partial charge in [0.1, 0.15) is 0 Å². The van der Waals surface area contributed by atoms with E-state index in [0.29, 0.717) is 25.2 Å². The Balaban J connectivity index is 1.78. The van der Waals surface area contributed by atoms with Crippen LogP contribution in [0.2, 0.25) is 0 Å². The molecule has 1 fully saturated rings. The maximum absolute atomic E-state index is 12.3. The van der Waals surface area contributed by atoms with E-state index in [9.17, 15) is 15.0 Å². The third kappa shape index (κ3) is 3.21. The number of aromatic nitrogens is 1. The Morgan fingerprint density at radius 1 is 1.14 bits per heavy atom. The fourth-order valence-electron chi connectivity index (χ4n) is 2.83. The summed E-state index contributed by atoms with van der Waals surface area (Å²) in [4.78, 5) is 14.3. The van der Waals surface area contributed by atoms with Crippen molar-refractivity contribution in [2.24, 2.45) is 0 Å². The normalized spacial score (nSPS) is 18.7. The number of likely N-dealkylation sites (tertiary alicyclic amines) is 1. The number of hydrogen-bond acceptors (Lipinski definition) is 4. The SMILES string of the molecule is O=c1c(O)c(CN2CCC(O)C2)ccn1Cc1ccccc1. The van der Waals surface area contributed by atoms with E-state index in [1.807, 2.05) is 35.2 Å². The number of aliphatic hydroxyl groups is 1. The molecule has 3 rings (SSSR count). The lowest BCUT2D eigenvalue weighted by Gasteiger charge is -2.16. The molecule has 1 unspecified atom stereocenters. The van der Waals surface area contributed by atoms with Crippen molar-refractivity contribution in [1.29, 1.82) is 0 Å². The Bertz CT molecular complexity index is 697. The number of hydrogen-bond donors (Lipinski definition) is 2. The Morgan fingerprint density at radius 3 is 2.59 bits per heavy atom. The summed E-state index contributed by atoms with van der Waals surface area (Å²) in [5, 5.41) is 19.7. The quantitative estimate of drug-likeness (QED) is 0.889. The van der Waals surface area contributed by atoms with Gasteiger partial charge >= 0.3 is 0 Å². The number of rotatable bonds is 4. The standard InChI is InChI=1S/C17H20N2O3/c20-15-7-8-18(12-15)11-14-6-9-19(17(22)16(14)21)10-13-4-2-1-3-5-13/h1-6,9,15,20-21H,7-8,10-12H2. The second kappa shape index (κ2) is 6.34. The van der Waals surface area contributed by atoms with Gasteiger partial charge in [-0.1, -0.05) is 30.3 Å². The Morgan fingerprint density at radius 2 is 1.91 bits per heavy atom. The van der Waals surface area contributed by atoms with Gasteiger partial charge in [0.15, 0.2) is 5.75 Å². The highest BCUT2D eigenvalue weighted by Crippen LogP contribution is 2.18. The van der Waals surface area contributed by atoms with Gasteiger partial charge in [-0.05, 0) is 18.1 Å². The maximum atomic E-state index is 12.3. The number of aromatic hydroxyl groups is 1. The molecule has 5 nitrogen and oxygen atoms in total.